The average molecular weight is 284 g/mol. The lowest BCUT2D eigenvalue weighted by atomic mass is 10.2. The summed E-state index contributed by atoms with van der Waals surface area (Å²) in [5.74, 6) is 0. The molecule has 2 aromatic heterocycles. The Hall–Kier alpha value is -1.58. The fourth-order valence-corrected chi connectivity index (χ4v) is 3.32. The maximum absolute atomic E-state index is 3.45. The van der Waals surface area contributed by atoms with Crippen molar-refractivity contribution in [1.29, 1.82) is 0 Å². The third-order valence-electron chi connectivity index (χ3n) is 3.44. The van der Waals surface area contributed by atoms with Crippen molar-refractivity contribution in [3.05, 3.63) is 59.2 Å². The van der Waals surface area contributed by atoms with E-state index in [2.05, 4.69) is 71.8 Å². The van der Waals surface area contributed by atoms with E-state index in [9.17, 15) is 0 Å². The zero-order valence-corrected chi connectivity index (χ0v) is 12.8. The predicted octanol–water partition coefficient (Wildman–Crippen LogP) is 4.25. The van der Waals surface area contributed by atoms with Gasteiger partial charge in [-0.1, -0.05) is 32.0 Å². The quantitative estimate of drug-likeness (QED) is 0.741. The van der Waals surface area contributed by atoms with Crippen LogP contribution < -0.4 is 5.32 Å². The zero-order chi connectivity index (χ0) is 13.9. The summed E-state index contributed by atoms with van der Waals surface area (Å²) in [5, 5.41) is 7.11. The molecule has 0 spiro atoms. The van der Waals surface area contributed by atoms with Crippen LogP contribution in [0, 0.1) is 0 Å². The van der Waals surface area contributed by atoms with Gasteiger partial charge in [0, 0.05) is 36.2 Å². The minimum Gasteiger partial charge on any atom is -0.350 e. The molecule has 0 fully saturated rings. The minimum atomic E-state index is 0.527. The summed E-state index contributed by atoms with van der Waals surface area (Å²) in [6.07, 6.45) is 4.41. The highest BCUT2D eigenvalue weighted by molar-refractivity contribution is 7.17. The molecule has 0 aliphatic carbocycles. The van der Waals surface area contributed by atoms with Crippen molar-refractivity contribution < 1.29 is 0 Å². The Bertz CT molecular complexity index is 694. The zero-order valence-electron chi connectivity index (χ0n) is 12.0. The first-order valence-electron chi connectivity index (χ1n) is 7.05. The van der Waals surface area contributed by atoms with E-state index < -0.39 is 0 Å². The normalized spacial score (nSPS) is 11.6. The Morgan fingerprint density at radius 3 is 2.90 bits per heavy atom. The molecule has 0 amide bonds. The smallest absolute Gasteiger partial charge is 0.0484 e. The van der Waals surface area contributed by atoms with Crippen molar-refractivity contribution in [3.63, 3.8) is 0 Å². The van der Waals surface area contributed by atoms with Crippen LogP contribution in [0.3, 0.4) is 0 Å². The van der Waals surface area contributed by atoms with Gasteiger partial charge in [0.25, 0.3) is 0 Å². The van der Waals surface area contributed by atoms with Crippen LogP contribution >= 0.6 is 11.3 Å². The molecule has 3 aromatic rings. The monoisotopic (exact) mass is 284 g/mol. The molecule has 0 unspecified atom stereocenters. The van der Waals surface area contributed by atoms with Gasteiger partial charge in [-0.2, -0.15) is 0 Å². The molecular weight excluding hydrogens is 264 g/mol. The Morgan fingerprint density at radius 2 is 2.05 bits per heavy atom. The summed E-state index contributed by atoms with van der Waals surface area (Å²) < 4.78 is 3.64. The molecule has 0 bridgehead atoms. The number of nitrogens with zero attached hydrogens (tertiary/aromatic N) is 1. The summed E-state index contributed by atoms with van der Waals surface area (Å²) >= 11 is 1.83. The van der Waals surface area contributed by atoms with Gasteiger partial charge >= 0.3 is 0 Å². The van der Waals surface area contributed by atoms with Crippen molar-refractivity contribution in [2.75, 3.05) is 0 Å². The van der Waals surface area contributed by atoms with Gasteiger partial charge in [-0.25, -0.2) is 0 Å². The molecule has 0 saturated carbocycles. The van der Waals surface area contributed by atoms with Gasteiger partial charge in [0.15, 0.2) is 0 Å². The molecule has 1 N–H and O–H groups in total. The highest BCUT2D eigenvalue weighted by Crippen LogP contribution is 2.26. The number of rotatable bonds is 5. The molecule has 0 radical (unpaired) electrons. The number of nitrogens with one attached hydrogen (secondary N) is 1. The maximum atomic E-state index is 3.45. The van der Waals surface area contributed by atoms with Gasteiger partial charge in [-0.15, -0.1) is 11.3 Å². The van der Waals surface area contributed by atoms with E-state index in [0.717, 1.165) is 13.1 Å². The van der Waals surface area contributed by atoms with Crippen molar-refractivity contribution in [2.24, 2.45) is 0 Å². The molecule has 1 aromatic carbocycles. The van der Waals surface area contributed by atoms with E-state index >= 15 is 0 Å². The lowest BCUT2D eigenvalue weighted by Crippen LogP contribution is -2.21. The number of fused-ring (bicyclic) bond motifs is 1. The molecular formula is C17H20N2S. The first-order chi connectivity index (χ1) is 9.72. The second kappa shape index (κ2) is 5.81. The van der Waals surface area contributed by atoms with Gasteiger partial charge < -0.3 is 9.88 Å². The van der Waals surface area contributed by atoms with E-state index in [4.69, 9.17) is 0 Å². The average Bonchev–Trinajstić information content (AvgIpc) is 3.05. The molecule has 0 aliphatic rings. The van der Waals surface area contributed by atoms with Crippen LogP contribution in [0.15, 0.2) is 48.1 Å². The second-order valence-corrected chi connectivity index (χ2v) is 6.40. The van der Waals surface area contributed by atoms with Crippen molar-refractivity contribution >= 4 is 21.4 Å². The topological polar surface area (TPSA) is 17.0 Å². The number of benzene rings is 1. The lowest BCUT2D eigenvalue weighted by molar-refractivity contribution is 0.588. The largest absolute Gasteiger partial charge is 0.350 e. The minimum absolute atomic E-state index is 0.527. The number of hydrogen-bond donors (Lipinski definition) is 1. The van der Waals surface area contributed by atoms with Gasteiger partial charge in [-0.3, -0.25) is 0 Å². The maximum Gasteiger partial charge on any atom is 0.0484 e. The van der Waals surface area contributed by atoms with Crippen LogP contribution in [0.25, 0.3) is 10.1 Å². The fourth-order valence-electron chi connectivity index (χ4n) is 2.37. The summed E-state index contributed by atoms with van der Waals surface area (Å²) in [6, 6.07) is 11.4. The molecule has 104 valence electrons. The van der Waals surface area contributed by atoms with Crippen molar-refractivity contribution in [2.45, 2.75) is 33.0 Å². The highest BCUT2D eigenvalue weighted by Gasteiger charge is 2.04. The van der Waals surface area contributed by atoms with Gasteiger partial charge in [0.2, 0.25) is 0 Å². The molecule has 0 atom stereocenters. The molecule has 2 heterocycles. The van der Waals surface area contributed by atoms with Crippen molar-refractivity contribution in [3.8, 4) is 0 Å². The number of aromatic nitrogens is 1. The predicted molar refractivity (Wildman–Crippen MR) is 87.3 cm³/mol. The van der Waals surface area contributed by atoms with Crippen LogP contribution in [0.5, 0.6) is 0 Å². The molecule has 20 heavy (non-hydrogen) atoms. The highest BCUT2D eigenvalue weighted by atomic mass is 32.1. The molecule has 0 saturated heterocycles. The van der Waals surface area contributed by atoms with E-state index in [-0.39, 0.29) is 0 Å². The Balaban J connectivity index is 1.74. The van der Waals surface area contributed by atoms with Gasteiger partial charge in [0.05, 0.1) is 0 Å². The third kappa shape index (κ3) is 2.94. The summed E-state index contributed by atoms with van der Waals surface area (Å²) in [5.41, 5.74) is 2.75. The van der Waals surface area contributed by atoms with Crippen LogP contribution in [0.1, 0.15) is 25.0 Å². The summed E-state index contributed by atoms with van der Waals surface area (Å²) in [6.45, 7) is 6.24. The first-order valence-corrected chi connectivity index (χ1v) is 7.93. The van der Waals surface area contributed by atoms with E-state index in [1.165, 1.54) is 21.2 Å². The second-order valence-electron chi connectivity index (χ2n) is 5.48. The SMILES string of the molecule is CC(C)NCc1ccn(Cc2csc3ccccc23)c1. The molecule has 3 rings (SSSR count). The number of thiophene rings is 1. The van der Waals surface area contributed by atoms with Gasteiger partial charge in [0.1, 0.15) is 0 Å². The standard InChI is InChI=1S/C17H20N2S/c1-13(2)18-9-14-7-8-19(10-14)11-15-12-20-17-6-4-3-5-16(15)17/h3-8,10,12-13,18H,9,11H2,1-2H3. The van der Waals surface area contributed by atoms with Gasteiger partial charge in [-0.05, 0) is 34.0 Å². The van der Waals surface area contributed by atoms with Crippen LogP contribution in [-0.2, 0) is 13.1 Å². The molecule has 3 heteroatoms. The van der Waals surface area contributed by atoms with E-state index in [1.54, 1.807) is 0 Å². The van der Waals surface area contributed by atoms with E-state index in [0.29, 0.717) is 6.04 Å². The van der Waals surface area contributed by atoms with Crippen LogP contribution in [0.4, 0.5) is 0 Å². The van der Waals surface area contributed by atoms with E-state index in [1.807, 2.05) is 11.3 Å². The fraction of sp³-hybridized carbons (Fsp3) is 0.294. The Morgan fingerprint density at radius 1 is 1.20 bits per heavy atom. The summed E-state index contributed by atoms with van der Waals surface area (Å²) in [4.78, 5) is 0. The number of hydrogen-bond acceptors (Lipinski definition) is 2. The van der Waals surface area contributed by atoms with Crippen LogP contribution in [0.2, 0.25) is 0 Å². The summed E-state index contributed by atoms with van der Waals surface area (Å²) in [7, 11) is 0. The van der Waals surface area contributed by atoms with Crippen molar-refractivity contribution in [1.82, 2.24) is 9.88 Å². The lowest BCUT2D eigenvalue weighted by Gasteiger charge is -2.06. The van der Waals surface area contributed by atoms with Crippen LogP contribution in [-0.4, -0.2) is 10.6 Å². The Kier molecular flexibility index (Phi) is 3.90. The first kappa shape index (κ1) is 13.4. The Labute approximate surface area is 124 Å². The third-order valence-corrected chi connectivity index (χ3v) is 4.45. The molecule has 0 aliphatic heterocycles. The molecule has 2 nitrogen and oxygen atoms in total.